The maximum absolute atomic E-state index is 12.1. The first-order valence-electron chi connectivity index (χ1n) is 7.88. The van der Waals surface area contributed by atoms with Crippen molar-refractivity contribution in [3.8, 4) is 0 Å². The van der Waals surface area contributed by atoms with E-state index in [-0.39, 0.29) is 18.6 Å². The number of ether oxygens (including phenoxy) is 1. The maximum atomic E-state index is 12.1. The Morgan fingerprint density at radius 3 is 2.67 bits per heavy atom. The first-order valence-corrected chi connectivity index (χ1v) is 7.88. The smallest absolute Gasteiger partial charge is 0.329 e. The molecule has 3 N–H and O–H groups in total. The predicted octanol–water partition coefficient (Wildman–Crippen LogP) is 0.905. The molecule has 0 radical (unpaired) electrons. The third kappa shape index (κ3) is 4.41. The van der Waals surface area contributed by atoms with Gasteiger partial charge in [-0.2, -0.15) is 0 Å². The van der Waals surface area contributed by atoms with Gasteiger partial charge in [0.05, 0.1) is 6.10 Å². The fourth-order valence-corrected chi connectivity index (χ4v) is 3.37. The fraction of sp³-hybridized carbons (Fsp3) is 0.867. The van der Waals surface area contributed by atoms with E-state index < -0.39 is 11.5 Å². The molecule has 0 bridgehead atoms. The van der Waals surface area contributed by atoms with Crippen LogP contribution in [-0.4, -0.2) is 48.3 Å². The van der Waals surface area contributed by atoms with E-state index in [4.69, 9.17) is 4.74 Å². The lowest BCUT2D eigenvalue weighted by molar-refractivity contribution is -0.151. The van der Waals surface area contributed by atoms with Gasteiger partial charge in [0, 0.05) is 0 Å². The van der Waals surface area contributed by atoms with Crippen molar-refractivity contribution in [2.45, 2.75) is 57.1 Å². The lowest BCUT2D eigenvalue weighted by Gasteiger charge is -2.37. The molecule has 0 aromatic heterocycles. The summed E-state index contributed by atoms with van der Waals surface area (Å²) in [6.45, 7) is 3.80. The number of piperidine rings is 1. The molecule has 2 rings (SSSR count). The molecule has 2 aliphatic rings. The number of hydrogen-bond donors (Lipinski definition) is 3. The zero-order valence-corrected chi connectivity index (χ0v) is 12.7. The number of carboxylic acid groups (broad SMARTS) is 1. The minimum atomic E-state index is -1.10. The van der Waals surface area contributed by atoms with Gasteiger partial charge in [-0.1, -0.05) is 19.8 Å². The second kappa shape index (κ2) is 7.22. The van der Waals surface area contributed by atoms with Crippen LogP contribution in [0.1, 0.15) is 45.4 Å². The van der Waals surface area contributed by atoms with Crippen LogP contribution in [0.4, 0.5) is 0 Å². The Bertz CT molecular complexity index is 382. The molecule has 0 aromatic carbocycles. The average Bonchev–Trinajstić information content (AvgIpc) is 2.46. The average molecular weight is 298 g/mol. The van der Waals surface area contributed by atoms with Gasteiger partial charge in [-0.25, -0.2) is 4.79 Å². The summed E-state index contributed by atoms with van der Waals surface area (Å²) in [5.41, 5.74) is -1.10. The van der Waals surface area contributed by atoms with E-state index in [0.29, 0.717) is 18.8 Å². The van der Waals surface area contributed by atoms with Crippen LogP contribution in [0.5, 0.6) is 0 Å². The van der Waals surface area contributed by atoms with Crippen LogP contribution in [0, 0.1) is 5.92 Å². The highest BCUT2D eigenvalue weighted by Crippen LogP contribution is 2.32. The Balaban J connectivity index is 1.84. The van der Waals surface area contributed by atoms with Crippen molar-refractivity contribution in [1.29, 1.82) is 0 Å². The summed E-state index contributed by atoms with van der Waals surface area (Å²) in [6, 6.07) is 0. The van der Waals surface area contributed by atoms with Gasteiger partial charge in [-0.3, -0.25) is 4.79 Å². The van der Waals surface area contributed by atoms with Crippen molar-refractivity contribution in [1.82, 2.24) is 10.6 Å². The van der Waals surface area contributed by atoms with E-state index in [2.05, 4.69) is 10.6 Å². The van der Waals surface area contributed by atoms with Gasteiger partial charge in [0.2, 0.25) is 5.91 Å². The van der Waals surface area contributed by atoms with Gasteiger partial charge in [0.25, 0.3) is 0 Å². The number of amides is 1. The van der Waals surface area contributed by atoms with Gasteiger partial charge < -0.3 is 20.5 Å². The molecule has 1 saturated heterocycles. The van der Waals surface area contributed by atoms with Crippen molar-refractivity contribution < 1.29 is 19.4 Å². The van der Waals surface area contributed by atoms with Gasteiger partial charge in [0.15, 0.2) is 0 Å². The SMILES string of the molecule is CC1CCCC(NC(=O)COC2CCNCC2)(C(=O)O)C1. The summed E-state index contributed by atoms with van der Waals surface area (Å²) in [5.74, 6) is -0.921. The molecule has 1 heterocycles. The molecule has 2 fully saturated rings. The van der Waals surface area contributed by atoms with Crippen LogP contribution in [0.15, 0.2) is 0 Å². The van der Waals surface area contributed by atoms with Crippen molar-refractivity contribution in [2.24, 2.45) is 5.92 Å². The second-order valence-electron chi connectivity index (χ2n) is 6.40. The van der Waals surface area contributed by atoms with E-state index in [0.717, 1.165) is 38.8 Å². The van der Waals surface area contributed by atoms with Crippen LogP contribution in [0.3, 0.4) is 0 Å². The molecule has 6 heteroatoms. The second-order valence-corrected chi connectivity index (χ2v) is 6.40. The van der Waals surface area contributed by atoms with Gasteiger partial charge in [-0.05, 0) is 44.7 Å². The summed E-state index contributed by atoms with van der Waals surface area (Å²) in [6.07, 6.45) is 4.76. The Morgan fingerprint density at radius 1 is 1.33 bits per heavy atom. The van der Waals surface area contributed by atoms with Crippen molar-refractivity contribution in [3.63, 3.8) is 0 Å². The van der Waals surface area contributed by atoms with Crippen molar-refractivity contribution in [2.75, 3.05) is 19.7 Å². The highest BCUT2D eigenvalue weighted by atomic mass is 16.5. The topological polar surface area (TPSA) is 87.7 Å². The lowest BCUT2D eigenvalue weighted by Crippen LogP contribution is -2.57. The highest BCUT2D eigenvalue weighted by Gasteiger charge is 2.43. The third-order valence-corrected chi connectivity index (χ3v) is 4.52. The minimum absolute atomic E-state index is 0.0475. The molecule has 1 saturated carbocycles. The standard InChI is InChI=1S/C15H26N2O4/c1-11-3-2-6-15(9-11,14(19)20)17-13(18)10-21-12-4-7-16-8-5-12/h11-12,16H,2-10H2,1H3,(H,17,18)(H,19,20). The number of carbonyl (C=O) groups is 2. The predicted molar refractivity (Wildman–Crippen MR) is 78.0 cm³/mol. The van der Waals surface area contributed by atoms with Gasteiger partial charge >= 0.3 is 5.97 Å². The molecule has 0 spiro atoms. The minimum Gasteiger partial charge on any atom is -0.480 e. The molecular weight excluding hydrogens is 272 g/mol. The Labute approximate surface area is 125 Å². The van der Waals surface area contributed by atoms with Crippen molar-refractivity contribution in [3.05, 3.63) is 0 Å². The van der Waals surface area contributed by atoms with E-state index in [1.54, 1.807) is 0 Å². The number of carbonyl (C=O) groups excluding carboxylic acids is 1. The third-order valence-electron chi connectivity index (χ3n) is 4.52. The normalized spacial score (nSPS) is 30.8. The molecule has 1 aliphatic carbocycles. The summed E-state index contributed by atoms with van der Waals surface area (Å²) in [5, 5.41) is 15.5. The molecule has 21 heavy (non-hydrogen) atoms. The molecule has 2 unspecified atom stereocenters. The number of carboxylic acids is 1. The molecule has 6 nitrogen and oxygen atoms in total. The highest BCUT2D eigenvalue weighted by molar-refractivity contribution is 5.87. The van der Waals surface area contributed by atoms with Crippen LogP contribution in [0.25, 0.3) is 0 Å². The summed E-state index contributed by atoms with van der Waals surface area (Å²) >= 11 is 0. The molecule has 0 aromatic rings. The maximum Gasteiger partial charge on any atom is 0.329 e. The monoisotopic (exact) mass is 298 g/mol. The zero-order chi connectivity index (χ0) is 15.3. The number of nitrogens with one attached hydrogen (secondary N) is 2. The molecule has 1 amide bonds. The molecule has 2 atom stereocenters. The summed E-state index contributed by atoms with van der Waals surface area (Å²) < 4.78 is 5.59. The number of aliphatic carboxylic acids is 1. The van der Waals surface area contributed by atoms with Crippen molar-refractivity contribution >= 4 is 11.9 Å². The van der Waals surface area contributed by atoms with Crippen LogP contribution < -0.4 is 10.6 Å². The summed E-state index contributed by atoms with van der Waals surface area (Å²) in [7, 11) is 0. The fourth-order valence-electron chi connectivity index (χ4n) is 3.37. The van der Waals surface area contributed by atoms with Gasteiger partial charge in [-0.15, -0.1) is 0 Å². The van der Waals surface area contributed by atoms with Crippen LogP contribution in [0.2, 0.25) is 0 Å². The molecule has 1 aliphatic heterocycles. The van der Waals surface area contributed by atoms with Crippen LogP contribution >= 0.6 is 0 Å². The first-order chi connectivity index (χ1) is 10.0. The first kappa shape index (κ1) is 16.2. The Hall–Kier alpha value is -1.14. The molecule has 120 valence electrons. The van der Waals surface area contributed by atoms with E-state index in [1.165, 1.54) is 0 Å². The van der Waals surface area contributed by atoms with Crippen LogP contribution in [-0.2, 0) is 14.3 Å². The van der Waals surface area contributed by atoms with E-state index in [1.807, 2.05) is 6.92 Å². The van der Waals surface area contributed by atoms with E-state index >= 15 is 0 Å². The Morgan fingerprint density at radius 2 is 2.05 bits per heavy atom. The lowest BCUT2D eigenvalue weighted by atomic mass is 9.76. The van der Waals surface area contributed by atoms with E-state index in [9.17, 15) is 14.7 Å². The molecular formula is C15H26N2O4. The summed E-state index contributed by atoms with van der Waals surface area (Å²) in [4.78, 5) is 23.7. The Kier molecular flexibility index (Phi) is 5.58. The largest absolute Gasteiger partial charge is 0.480 e. The zero-order valence-electron chi connectivity index (χ0n) is 12.7. The van der Waals surface area contributed by atoms with Gasteiger partial charge in [0.1, 0.15) is 12.1 Å². The number of hydrogen-bond acceptors (Lipinski definition) is 4. The quantitative estimate of drug-likeness (QED) is 0.702. The number of rotatable bonds is 5.